The summed E-state index contributed by atoms with van der Waals surface area (Å²) in [6, 6.07) is 0. The van der Waals surface area contributed by atoms with E-state index in [9.17, 15) is 0 Å². The van der Waals surface area contributed by atoms with E-state index in [2.05, 4.69) is 11.8 Å². The van der Waals surface area contributed by atoms with Crippen molar-refractivity contribution in [3.8, 4) is 0 Å². The molecule has 0 radical (unpaired) electrons. The van der Waals surface area contributed by atoms with Crippen LogP contribution in [0.1, 0.15) is 26.2 Å². The van der Waals surface area contributed by atoms with Crippen molar-refractivity contribution in [1.82, 2.24) is 0 Å². The van der Waals surface area contributed by atoms with Gasteiger partial charge in [0.2, 0.25) is 0 Å². The third kappa shape index (κ3) is 5.76. The fraction of sp³-hybridized carbons (Fsp3) is 0.778. The Labute approximate surface area is 78.4 Å². The molecule has 0 aliphatic rings. The molecular weight excluding hydrogens is 172 g/mol. The molecule has 0 saturated heterocycles. The Kier molecular flexibility index (Phi) is 7.93. The summed E-state index contributed by atoms with van der Waals surface area (Å²) < 4.78 is 0. The zero-order chi connectivity index (χ0) is 10.1. The van der Waals surface area contributed by atoms with Gasteiger partial charge in [0.05, 0.1) is 6.61 Å². The molecule has 0 bridgehead atoms. The number of hydrogen-bond donors (Lipinski definition) is 3. The predicted octanol–water partition coefficient (Wildman–Crippen LogP) is 0.944. The lowest BCUT2D eigenvalue weighted by Crippen LogP contribution is -2.29. The molecule has 0 fully saturated rings. The molecule has 0 saturated carbocycles. The van der Waals surface area contributed by atoms with Crippen LogP contribution in [0.2, 0.25) is 0 Å². The Morgan fingerprint density at radius 1 is 1.46 bits per heavy atom. The van der Waals surface area contributed by atoms with E-state index in [0.29, 0.717) is 0 Å². The fourth-order valence-electron chi connectivity index (χ4n) is 0.890. The van der Waals surface area contributed by atoms with Gasteiger partial charge in [0, 0.05) is 0 Å². The SMILES string of the molecule is CCCC/C=C/[C@H](OO)[C@H](O)CO. The summed E-state index contributed by atoms with van der Waals surface area (Å²) in [5.74, 6) is 0. The van der Waals surface area contributed by atoms with E-state index in [4.69, 9.17) is 15.5 Å². The summed E-state index contributed by atoms with van der Waals surface area (Å²) in [6.07, 6.45) is 4.51. The van der Waals surface area contributed by atoms with Gasteiger partial charge in [-0.1, -0.05) is 31.9 Å². The lowest BCUT2D eigenvalue weighted by Gasteiger charge is -2.13. The molecule has 13 heavy (non-hydrogen) atoms. The molecule has 0 spiro atoms. The second kappa shape index (κ2) is 8.19. The van der Waals surface area contributed by atoms with Crippen molar-refractivity contribution in [3.63, 3.8) is 0 Å². The lowest BCUT2D eigenvalue weighted by molar-refractivity contribution is -0.285. The maximum absolute atomic E-state index is 9.09. The van der Waals surface area contributed by atoms with Gasteiger partial charge >= 0.3 is 0 Å². The van der Waals surface area contributed by atoms with E-state index >= 15 is 0 Å². The van der Waals surface area contributed by atoms with Crippen molar-refractivity contribution in [2.75, 3.05) is 6.61 Å². The van der Waals surface area contributed by atoms with Crippen LogP contribution in [0.5, 0.6) is 0 Å². The van der Waals surface area contributed by atoms with Crippen LogP contribution in [0.4, 0.5) is 0 Å². The van der Waals surface area contributed by atoms with Crippen molar-refractivity contribution in [2.45, 2.75) is 38.4 Å². The van der Waals surface area contributed by atoms with Crippen molar-refractivity contribution in [2.24, 2.45) is 0 Å². The Morgan fingerprint density at radius 2 is 2.15 bits per heavy atom. The quantitative estimate of drug-likeness (QED) is 0.242. The summed E-state index contributed by atoms with van der Waals surface area (Å²) in [6.45, 7) is 1.65. The van der Waals surface area contributed by atoms with Crippen LogP contribution in [-0.4, -0.2) is 34.3 Å². The van der Waals surface area contributed by atoms with Crippen LogP contribution < -0.4 is 0 Å². The van der Waals surface area contributed by atoms with Crippen LogP contribution >= 0.6 is 0 Å². The zero-order valence-electron chi connectivity index (χ0n) is 7.89. The molecular formula is C9H18O4. The zero-order valence-corrected chi connectivity index (χ0v) is 7.89. The van der Waals surface area contributed by atoms with Gasteiger partial charge in [0.15, 0.2) is 0 Å². The predicted molar refractivity (Wildman–Crippen MR) is 49.3 cm³/mol. The van der Waals surface area contributed by atoms with Crippen molar-refractivity contribution >= 4 is 0 Å². The van der Waals surface area contributed by atoms with E-state index in [1.807, 2.05) is 6.08 Å². The lowest BCUT2D eigenvalue weighted by atomic mass is 10.1. The number of aliphatic hydroxyl groups excluding tert-OH is 2. The van der Waals surface area contributed by atoms with Crippen molar-refractivity contribution < 1.29 is 20.4 Å². The van der Waals surface area contributed by atoms with E-state index < -0.39 is 18.8 Å². The van der Waals surface area contributed by atoms with Gasteiger partial charge in [0.1, 0.15) is 12.2 Å². The molecule has 0 aromatic heterocycles. The molecule has 0 heterocycles. The van der Waals surface area contributed by atoms with Gasteiger partial charge in [-0.15, -0.1) is 0 Å². The Balaban J connectivity index is 3.75. The molecule has 78 valence electrons. The molecule has 0 rings (SSSR count). The first-order valence-electron chi connectivity index (χ1n) is 4.52. The molecule has 0 aromatic rings. The highest BCUT2D eigenvalue weighted by Gasteiger charge is 2.15. The number of allylic oxidation sites excluding steroid dienone is 1. The van der Waals surface area contributed by atoms with Crippen LogP contribution in [0, 0.1) is 0 Å². The maximum atomic E-state index is 9.09. The van der Waals surface area contributed by atoms with Crippen molar-refractivity contribution in [1.29, 1.82) is 0 Å². The first-order chi connectivity index (χ1) is 6.26. The van der Waals surface area contributed by atoms with Gasteiger partial charge < -0.3 is 10.2 Å². The average molecular weight is 190 g/mol. The minimum Gasteiger partial charge on any atom is -0.394 e. The molecule has 4 heteroatoms. The topological polar surface area (TPSA) is 69.9 Å². The number of rotatable bonds is 7. The van der Waals surface area contributed by atoms with Gasteiger partial charge in [0.25, 0.3) is 0 Å². The van der Waals surface area contributed by atoms with Crippen molar-refractivity contribution in [3.05, 3.63) is 12.2 Å². The highest BCUT2D eigenvalue weighted by molar-refractivity contribution is 4.92. The highest BCUT2D eigenvalue weighted by Crippen LogP contribution is 2.02. The van der Waals surface area contributed by atoms with E-state index in [0.717, 1.165) is 19.3 Å². The van der Waals surface area contributed by atoms with Crippen LogP contribution in [0.15, 0.2) is 12.2 Å². The third-order valence-electron chi connectivity index (χ3n) is 1.74. The average Bonchev–Trinajstić information content (AvgIpc) is 2.17. The molecule has 0 aliphatic carbocycles. The Bertz CT molecular complexity index is 136. The number of hydrogen-bond acceptors (Lipinski definition) is 4. The minimum atomic E-state index is -1.07. The molecule has 0 amide bonds. The second-order valence-corrected chi connectivity index (χ2v) is 2.89. The first kappa shape index (κ1) is 12.6. The third-order valence-corrected chi connectivity index (χ3v) is 1.74. The summed E-state index contributed by atoms with van der Waals surface area (Å²) in [7, 11) is 0. The normalized spacial score (nSPS) is 16.3. The van der Waals surface area contributed by atoms with Gasteiger partial charge in [-0.05, 0) is 6.42 Å². The molecule has 4 nitrogen and oxygen atoms in total. The van der Waals surface area contributed by atoms with E-state index in [-0.39, 0.29) is 0 Å². The summed E-state index contributed by atoms with van der Waals surface area (Å²) in [5, 5.41) is 26.0. The van der Waals surface area contributed by atoms with E-state index in [1.54, 1.807) is 6.08 Å². The second-order valence-electron chi connectivity index (χ2n) is 2.89. The summed E-state index contributed by atoms with van der Waals surface area (Å²) in [4.78, 5) is 3.99. The monoisotopic (exact) mass is 190 g/mol. The maximum Gasteiger partial charge on any atom is 0.139 e. The van der Waals surface area contributed by atoms with Gasteiger partial charge in [-0.2, -0.15) is 0 Å². The highest BCUT2D eigenvalue weighted by atomic mass is 17.1. The Morgan fingerprint density at radius 3 is 2.62 bits per heavy atom. The molecule has 0 aromatic carbocycles. The van der Waals surface area contributed by atoms with Crippen LogP contribution in [-0.2, 0) is 4.89 Å². The van der Waals surface area contributed by atoms with Crippen LogP contribution in [0.25, 0.3) is 0 Å². The molecule has 0 unspecified atom stereocenters. The minimum absolute atomic E-state index is 0.427. The largest absolute Gasteiger partial charge is 0.394 e. The Hall–Kier alpha value is -0.420. The molecule has 2 atom stereocenters. The summed E-state index contributed by atoms with van der Waals surface area (Å²) in [5.41, 5.74) is 0. The first-order valence-corrected chi connectivity index (χ1v) is 4.52. The van der Waals surface area contributed by atoms with Gasteiger partial charge in [-0.25, -0.2) is 4.89 Å². The number of unbranched alkanes of at least 4 members (excludes halogenated alkanes) is 2. The smallest absolute Gasteiger partial charge is 0.139 e. The molecule has 3 N–H and O–H groups in total. The number of aliphatic hydroxyl groups is 2. The summed E-state index contributed by atoms with van der Waals surface area (Å²) >= 11 is 0. The van der Waals surface area contributed by atoms with Gasteiger partial charge in [-0.3, -0.25) is 5.26 Å². The fourth-order valence-corrected chi connectivity index (χ4v) is 0.890. The molecule has 0 aliphatic heterocycles. The van der Waals surface area contributed by atoms with E-state index in [1.165, 1.54) is 0 Å². The standard InChI is InChI=1S/C9H18O4/c1-2-3-4-5-6-9(13-12)8(11)7-10/h5-6,8-12H,2-4,7H2,1H3/b6-5+/t8-,9+/m1/s1. The van der Waals surface area contributed by atoms with Crippen LogP contribution in [0.3, 0.4) is 0 Å².